The molecular formula is C22H18N4O3. The van der Waals surface area contributed by atoms with Crippen molar-refractivity contribution < 1.29 is 9.21 Å². The number of nitrogens with zero attached hydrogens (tertiary/aromatic N) is 4. The molecule has 0 fully saturated rings. The standard InChI is InChI=1S/C22H18N4O3/c1-14-12-15-6-2-3-10-19(15)26(14)20(27)13-25-22(28)29-21(24-25)17-7-4-9-18-16(17)8-5-11-23-18/h2-11,14H,12-13H2,1H3/t14-/m0/s1. The fourth-order valence-corrected chi connectivity index (χ4v) is 3.95. The van der Waals surface area contributed by atoms with Crippen LogP contribution in [0.25, 0.3) is 22.4 Å². The van der Waals surface area contributed by atoms with Crippen LogP contribution < -0.4 is 10.7 Å². The number of carbonyl (C=O) groups excluding carboxylic acids is 1. The number of carbonyl (C=O) groups is 1. The minimum absolute atomic E-state index is 0.0334. The van der Waals surface area contributed by atoms with Crippen molar-refractivity contribution in [1.82, 2.24) is 14.8 Å². The highest BCUT2D eigenvalue weighted by molar-refractivity contribution is 5.96. The second kappa shape index (κ2) is 6.70. The number of rotatable bonds is 3. The first-order valence-corrected chi connectivity index (χ1v) is 9.44. The Labute approximate surface area is 166 Å². The summed E-state index contributed by atoms with van der Waals surface area (Å²) < 4.78 is 6.45. The zero-order valence-corrected chi connectivity index (χ0v) is 15.8. The van der Waals surface area contributed by atoms with Crippen LogP contribution in [0.15, 0.2) is 70.0 Å². The molecule has 0 radical (unpaired) electrons. The minimum atomic E-state index is -0.658. The molecule has 2 aromatic carbocycles. The topological polar surface area (TPSA) is 81.2 Å². The first-order valence-electron chi connectivity index (χ1n) is 9.44. The van der Waals surface area contributed by atoms with Crippen molar-refractivity contribution in [3.8, 4) is 11.5 Å². The molecule has 0 spiro atoms. The molecule has 144 valence electrons. The number of pyridine rings is 1. The van der Waals surface area contributed by atoms with E-state index in [-0.39, 0.29) is 24.4 Å². The maximum absolute atomic E-state index is 13.0. The predicted octanol–water partition coefficient (Wildman–Crippen LogP) is 3.03. The average molecular weight is 386 g/mol. The maximum atomic E-state index is 13.0. The fourth-order valence-electron chi connectivity index (χ4n) is 3.95. The summed E-state index contributed by atoms with van der Waals surface area (Å²) in [7, 11) is 0. The Hall–Kier alpha value is -3.74. The summed E-state index contributed by atoms with van der Waals surface area (Å²) in [5.41, 5.74) is 3.46. The molecule has 4 aromatic rings. The lowest BCUT2D eigenvalue weighted by Crippen LogP contribution is -2.39. The van der Waals surface area contributed by atoms with Crippen LogP contribution in [0.2, 0.25) is 0 Å². The highest BCUT2D eigenvalue weighted by Crippen LogP contribution is 2.32. The molecule has 0 aliphatic carbocycles. The Bertz CT molecular complexity index is 1290. The van der Waals surface area contributed by atoms with Gasteiger partial charge in [0.2, 0.25) is 11.8 Å². The molecule has 1 aliphatic heterocycles. The van der Waals surface area contributed by atoms with E-state index in [2.05, 4.69) is 10.1 Å². The van der Waals surface area contributed by atoms with Crippen molar-refractivity contribution in [2.24, 2.45) is 0 Å². The summed E-state index contributed by atoms with van der Waals surface area (Å²) in [6.45, 7) is 1.82. The third kappa shape index (κ3) is 2.91. The molecule has 0 N–H and O–H groups in total. The molecule has 1 aliphatic rings. The summed E-state index contributed by atoms with van der Waals surface area (Å²) in [5, 5.41) is 5.12. The Morgan fingerprint density at radius 2 is 2.00 bits per heavy atom. The number of para-hydroxylation sites is 1. The van der Waals surface area contributed by atoms with E-state index >= 15 is 0 Å². The number of amides is 1. The molecule has 1 atom stereocenters. The normalized spacial score (nSPS) is 15.6. The van der Waals surface area contributed by atoms with Crippen LogP contribution in [0, 0.1) is 0 Å². The number of hydrogen-bond donors (Lipinski definition) is 0. The van der Waals surface area contributed by atoms with Gasteiger partial charge in [0.25, 0.3) is 0 Å². The van der Waals surface area contributed by atoms with Crippen molar-refractivity contribution >= 4 is 22.5 Å². The van der Waals surface area contributed by atoms with E-state index in [0.717, 1.165) is 33.3 Å². The van der Waals surface area contributed by atoms with Gasteiger partial charge >= 0.3 is 5.76 Å². The second-order valence-electron chi connectivity index (χ2n) is 7.15. The summed E-state index contributed by atoms with van der Waals surface area (Å²) >= 11 is 0. The smallest absolute Gasteiger partial charge is 0.388 e. The van der Waals surface area contributed by atoms with Gasteiger partial charge in [0.05, 0.1) is 5.52 Å². The van der Waals surface area contributed by atoms with Crippen molar-refractivity contribution in [2.75, 3.05) is 4.90 Å². The van der Waals surface area contributed by atoms with Gasteiger partial charge in [0, 0.05) is 28.9 Å². The molecule has 0 saturated carbocycles. The van der Waals surface area contributed by atoms with Crippen molar-refractivity contribution in [3.63, 3.8) is 0 Å². The number of benzene rings is 2. The molecule has 29 heavy (non-hydrogen) atoms. The van der Waals surface area contributed by atoms with Gasteiger partial charge in [-0.2, -0.15) is 4.68 Å². The number of hydrogen-bond acceptors (Lipinski definition) is 5. The summed E-state index contributed by atoms with van der Waals surface area (Å²) in [6, 6.07) is 17.1. The third-order valence-electron chi connectivity index (χ3n) is 5.24. The third-order valence-corrected chi connectivity index (χ3v) is 5.24. The van der Waals surface area contributed by atoms with Gasteiger partial charge in [-0.1, -0.05) is 30.3 Å². The van der Waals surface area contributed by atoms with Crippen LogP contribution >= 0.6 is 0 Å². The summed E-state index contributed by atoms with van der Waals surface area (Å²) in [5.74, 6) is -0.672. The van der Waals surface area contributed by atoms with E-state index in [0.29, 0.717) is 5.56 Å². The van der Waals surface area contributed by atoms with Crippen LogP contribution in [-0.2, 0) is 17.8 Å². The van der Waals surface area contributed by atoms with E-state index < -0.39 is 5.76 Å². The van der Waals surface area contributed by atoms with Gasteiger partial charge < -0.3 is 9.32 Å². The molecule has 5 rings (SSSR count). The lowest BCUT2D eigenvalue weighted by molar-refractivity contribution is -0.119. The molecule has 1 amide bonds. The SMILES string of the molecule is C[C@H]1Cc2ccccc2N1C(=O)Cn1nc(-c2cccc3ncccc23)oc1=O. The van der Waals surface area contributed by atoms with Crippen molar-refractivity contribution in [1.29, 1.82) is 0 Å². The van der Waals surface area contributed by atoms with Crippen LogP contribution in [0.1, 0.15) is 12.5 Å². The Morgan fingerprint density at radius 1 is 1.14 bits per heavy atom. The Balaban J connectivity index is 1.47. The number of fused-ring (bicyclic) bond motifs is 2. The maximum Gasteiger partial charge on any atom is 0.437 e. The number of aromatic nitrogens is 3. The molecule has 2 aromatic heterocycles. The molecule has 0 bridgehead atoms. The van der Waals surface area contributed by atoms with Gasteiger partial charge in [-0.3, -0.25) is 9.78 Å². The average Bonchev–Trinajstić information content (AvgIpc) is 3.26. The van der Waals surface area contributed by atoms with Gasteiger partial charge in [-0.05, 0) is 43.2 Å². The molecule has 0 unspecified atom stereocenters. The van der Waals surface area contributed by atoms with E-state index in [1.54, 1.807) is 11.1 Å². The lowest BCUT2D eigenvalue weighted by atomic mass is 10.1. The van der Waals surface area contributed by atoms with E-state index in [1.807, 2.05) is 61.5 Å². The quantitative estimate of drug-likeness (QED) is 0.541. The minimum Gasteiger partial charge on any atom is -0.388 e. The monoisotopic (exact) mass is 386 g/mol. The molecule has 3 heterocycles. The summed E-state index contributed by atoms with van der Waals surface area (Å²) in [6.07, 6.45) is 2.50. The Kier molecular flexibility index (Phi) is 4.01. The zero-order valence-electron chi connectivity index (χ0n) is 15.8. The van der Waals surface area contributed by atoms with Crippen LogP contribution in [0.4, 0.5) is 5.69 Å². The van der Waals surface area contributed by atoms with E-state index in [4.69, 9.17) is 4.42 Å². The van der Waals surface area contributed by atoms with Crippen LogP contribution in [0.5, 0.6) is 0 Å². The lowest BCUT2D eigenvalue weighted by Gasteiger charge is -2.22. The molecule has 7 heteroatoms. The van der Waals surface area contributed by atoms with Gasteiger partial charge in [0.1, 0.15) is 6.54 Å². The summed E-state index contributed by atoms with van der Waals surface area (Å²) in [4.78, 5) is 31.4. The molecule has 0 saturated heterocycles. The largest absolute Gasteiger partial charge is 0.437 e. The molecular weight excluding hydrogens is 368 g/mol. The Morgan fingerprint density at radius 3 is 2.90 bits per heavy atom. The van der Waals surface area contributed by atoms with E-state index in [9.17, 15) is 9.59 Å². The molecule has 7 nitrogen and oxygen atoms in total. The first kappa shape index (κ1) is 17.4. The fraction of sp³-hybridized carbons (Fsp3) is 0.182. The van der Waals surface area contributed by atoms with Crippen LogP contribution in [-0.4, -0.2) is 26.7 Å². The second-order valence-corrected chi connectivity index (χ2v) is 7.15. The van der Waals surface area contributed by atoms with Crippen LogP contribution in [0.3, 0.4) is 0 Å². The number of anilines is 1. The van der Waals surface area contributed by atoms with E-state index in [1.165, 1.54) is 0 Å². The van der Waals surface area contributed by atoms with Gasteiger partial charge in [-0.25, -0.2) is 4.79 Å². The first-order chi connectivity index (χ1) is 14.1. The zero-order chi connectivity index (χ0) is 20.0. The highest BCUT2D eigenvalue weighted by Gasteiger charge is 2.31. The van der Waals surface area contributed by atoms with Crippen molar-refractivity contribution in [2.45, 2.75) is 25.9 Å². The van der Waals surface area contributed by atoms with Gasteiger partial charge in [-0.15, -0.1) is 5.10 Å². The predicted molar refractivity (Wildman–Crippen MR) is 109 cm³/mol. The van der Waals surface area contributed by atoms with Gasteiger partial charge in [0.15, 0.2) is 0 Å². The van der Waals surface area contributed by atoms with Crippen molar-refractivity contribution in [3.05, 3.63) is 76.9 Å². The highest BCUT2D eigenvalue weighted by atomic mass is 16.4.